The van der Waals surface area contributed by atoms with Crippen LogP contribution in [0.4, 0.5) is 0 Å². The molecule has 3 heterocycles. The number of carbonyl (C=O) groups is 7. The van der Waals surface area contributed by atoms with Gasteiger partial charge in [0.2, 0.25) is 0 Å². The maximum Gasteiger partial charge on any atom is 0.192 e. The number of Topliss-reactive ketones (excluding diaryl/α,β-unsaturated/α-hetero) is 5. The average Bonchev–Trinajstić information content (AvgIpc) is 3.72. The monoisotopic (exact) mass is 1200 g/mol. The van der Waals surface area contributed by atoms with Crippen LogP contribution in [-0.2, 0) is 230 Å². The molecule has 6 atom stereocenters. The zero-order chi connectivity index (χ0) is 37.1. The number of nitrogens with zero attached hydrogens (tertiary/aromatic N) is 3. The Balaban J connectivity index is -0.0000000963. The third-order valence-electron chi connectivity index (χ3n) is 8.34. The molecule has 0 spiro atoms. The minimum atomic E-state index is -0.375. The summed E-state index contributed by atoms with van der Waals surface area (Å²) in [6.45, 7) is 19.4. The van der Waals surface area contributed by atoms with E-state index in [9.17, 15) is 33.6 Å². The zero-order valence-electron chi connectivity index (χ0n) is 34.7. The first-order chi connectivity index (χ1) is 22.3. The molecule has 2 amide bonds. The summed E-state index contributed by atoms with van der Waals surface area (Å²) in [5.74, 6) is 1.77. The van der Waals surface area contributed by atoms with Crippen LogP contribution in [0.25, 0.3) is 0 Å². The van der Waals surface area contributed by atoms with Crippen LogP contribution in [-0.4, -0.2) is 103 Å². The van der Waals surface area contributed by atoms with Gasteiger partial charge in [-0.25, -0.2) is 0 Å². The van der Waals surface area contributed by atoms with Gasteiger partial charge in [0, 0.05) is 228 Å². The maximum atomic E-state index is 10.9. The summed E-state index contributed by atoms with van der Waals surface area (Å²) < 4.78 is 0. The van der Waals surface area contributed by atoms with Gasteiger partial charge in [0.05, 0.1) is 5.91 Å². The van der Waals surface area contributed by atoms with Gasteiger partial charge in [0.15, 0.2) is 5.91 Å². The van der Waals surface area contributed by atoms with Crippen LogP contribution in [0.1, 0.15) is 81.1 Å². The average molecular weight is 1210 g/mol. The van der Waals surface area contributed by atoms with E-state index < -0.39 is 0 Å². The number of hydrogen-bond acceptors (Lipinski definition) is 8. The molecule has 16 heteroatoms. The molecule has 2 aliphatic carbocycles. The number of carbonyl (C=O) groups excluding carboxylic acids is 7. The Bertz CT molecular complexity index is 1080. The number of amides is 2. The third kappa shape index (κ3) is 32.1. The van der Waals surface area contributed by atoms with E-state index >= 15 is 0 Å². The van der Waals surface area contributed by atoms with Gasteiger partial charge in [0.1, 0.15) is 11.6 Å². The topological polar surface area (TPSA) is 129 Å². The van der Waals surface area contributed by atoms with Gasteiger partial charge in [0.25, 0.3) is 0 Å². The standard InChI is InChI=1S/2C7H9O2.2C6H10NO.C6H12N.C6H11O.6Y/c1-4-3-6(8)5(2)7(4)9;1-5-4-6(8)2-3-7(5)9;1-5-3-6(8)7(2)4-5;1-5-3-4-7(2)6(5)8;1-6-3-4-7(2)5-6;1-3-5-6(7)4-2;;;;;;/h3-5H,1-2H3;4-5H,2-3H2,1H3;2*3,5H,4H2,1-2H3;3,6H,4-5H2,1-2H3;5H,3-4H2,1-2H3;;;;;;/q6*-1;;;;;;. The van der Waals surface area contributed by atoms with Crippen molar-refractivity contribution in [2.75, 3.05) is 47.3 Å². The quantitative estimate of drug-likeness (QED) is 0.303. The van der Waals surface area contributed by atoms with Gasteiger partial charge in [-0.3, -0.25) is 17.6 Å². The molecular weight excluding hydrogens is 1140 g/mol. The molecule has 0 aromatic rings. The van der Waals surface area contributed by atoms with Crippen molar-refractivity contribution in [3.05, 3.63) is 38.5 Å². The Labute approximate surface area is 479 Å². The van der Waals surface area contributed by atoms with Crippen LogP contribution in [0, 0.1) is 74.0 Å². The van der Waals surface area contributed by atoms with E-state index in [1.165, 1.54) is 25.9 Å². The fourth-order valence-electron chi connectivity index (χ4n) is 5.11. The van der Waals surface area contributed by atoms with Gasteiger partial charge in [-0.15, -0.1) is 19.0 Å². The van der Waals surface area contributed by atoms with Crippen LogP contribution in [0.3, 0.4) is 0 Å². The Kier molecular flexibility index (Phi) is 53.8. The predicted octanol–water partition coefficient (Wildman–Crippen LogP) is 4.31. The maximum absolute atomic E-state index is 10.9. The number of rotatable bonds is 3. The van der Waals surface area contributed by atoms with Crippen LogP contribution >= 0.6 is 0 Å². The van der Waals surface area contributed by atoms with Gasteiger partial charge < -0.3 is 69.2 Å². The van der Waals surface area contributed by atoms with E-state index in [1.807, 2.05) is 48.2 Å². The molecule has 6 radical (unpaired) electrons. The van der Waals surface area contributed by atoms with E-state index in [0.29, 0.717) is 25.2 Å². The fraction of sp³-hybridized carbons (Fsp3) is 0.658. The van der Waals surface area contributed by atoms with E-state index in [1.54, 1.807) is 43.4 Å². The molecule has 294 valence electrons. The first kappa shape index (κ1) is 71.8. The van der Waals surface area contributed by atoms with E-state index in [0.717, 1.165) is 25.4 Å². The zero-order valence-corrected chi connectivity index (χ0v) is 51.8. The minimum absolute atomic E-state index is 0. The molecule has 0 bridgehead atoms. The fourth-order valence-corrected chi connectivity index (χ4v) is 5.11. The summed E-state index contributed by atoms with van der Waals surface area (Å²) in [5, 5.41) is 0. The smallest absolute Gasteiger partial charge is 0.192 e. The summed E-state index contributed by atoms with van der Waals surface area (Å²) in [6.07, 6.45) is 13.2. The van der Waals surface area contributed by atoms with Crippen molar-refractivity contribution in [3.8, 4) is 0 Å². The second-order valence-corrected chi connectivity index (χ2v) is 13.3. The second-order valence-electron chi connectivity index (χ2n) is 13.3. The summed E-state index contributed by atoms with van der Waals surface area (Å²) in [6, 6.07) is 0. The van der Waals surface area contributed by atoms with Gasteiger partial charge in [-0.2, -0.15) is 12.3 Å². The van der Waals surface area contributed by atoms with Gasteiger partial charge in [-0.05, 0) is 44.5 Å². The van der Waals surface area contributed by atoms with Crippen molar-refractivity contribution in [2.24, 2.45) is 35.5 Å². The van der Waals surface area contributed by atoms with Crippen molar-refractivity contribution in [2.45, 2.75) is 81.1 Å². The summed E-state index contributed by atoms with van der Waals surface area (Å²) >= 11 is 0. The van der Waals surface area contributed by atoms with Crippen molar-refractivity contribution in [1.82, 2.24) is 14.7 Å². The molecule has 0 aromatic heterocycles. The summed E-state index contributed by atoms with van der Waals surface area (Å²) in [4.78, 5) is 80.5. The Morgan fingerprint density at radius 1 is 0.667 bits per heavy atom. The Morgan fingerprint density at radius 2 is 1.22 bits per heavy atom. The molecule has 0 N–H and O–H groups in total. The molecule has 54 heavy (non-hydrogen) atoms. The van der Waals surface area contributed by atoms with Crippen molar-refractivity contribution < 1.29 is 230 Å². The number of ketones is 5. The number of hydrogen-bond donors (Lipinski definition) is 0. The second kappa shape index (κ2) is 40.4. The third-order valence-corrected chi connectivity index (χ3v) is 8.34. The predicted molar refractivity (Wildman–Crippen MR) is 188 cm³/mol. The molecule has 5 aliphatic rings. The molecule has 0 aromatic carbocycles. The van der Waals surface area contributed by atoms with Crippen molar-refractivity contribution in [1.29, 1.82) is 0 Å². The first-order valence-corrected chi connectivity index (χ1v) is 17.2. The SMILES string of the molecule is CC1[CH-]C(=O)C(C)C1=O.CC1[CH-]C(=O)CCC1=O.CC1[CH-]C(=O)N(C)C1.CC1[CH-]CN(C)C1.CC1[CH-]CN(C)C1=O.CC[CH-]C(=O)CC.[Y].[Y].[Y].[Y].[Y].[Y]. The van der Waals surface area contributed by atoms with Crippen LogP contribution < -0.4 is 0 Å². The number of likely N-dealkylation sites (tertiary alicyclic amines) is 3. The van der Waals surface area contributed by atoms with Crippen molar-refractivity contribution >= 4 is 40.7 Å². The molecule has 5 fully saturated rings. The van der Waals surface area contributed by atoms with E-state index in [-0.39, 0.29) is 261 Å². The minimum Gasteiger partial charge on any atom is -0.378 e. The molecule has 3 aliphatic heterocycles. The Morgan fingerprint density at radius 3 is 1.39 bits per heavy atom. The molecule has 2 saturated carbocycles. The largest absolute Gasteiger partial charge is 0.378 e. The van der Waals surface area contributed by atoms with E-state index in [2.05, 4.69) is 25.3 Å². The van der Waals surface area contributed by atoms with Gasteiger partial charge in [-0.1, -0.05) is 73.1 Å². The summed E-state index contributed by atoms with van der Waals surface area (Å²) in [5.41, 5.74) is 0. The van der Waals surface area contributed by atoms with Crippen molar-refractivity contribution in [3.63, 3.8) is 0 Å². The molecule has 3 saturated heterocycles. The Hall–Kier alpha value is 3.35. The normalized spacial score (nSPS) is 24.6. The molecular formula is C38H61N3O7Y6-6. The molecule has 6 unspecified atom stereocenters. The molecule has 10 nitrogen and oxygen atoms in total. The van der Waals surface area contributed by atoms with Crippen LogP contribution in [0.15, 0.2) is 0 Å². The molecule has 5 rings (SSSR count). The van der Waals surface area contributed by atoms with E-state index in [4.69, 9.17) is 0 Å². The summed E-state index contributed by atoms with van der Waals surface area (Å²) in [7, 11) is 5.80. The van der Waals surface area contributed by atoms with Gasteiger partial charge >= 0.3 is 0 Å². The van der Waals surface area contributed by atoms with Crippen LogP contribution in [0.5, 0.6) is 0 Å². The first-order valence-electron chi connectivity index (χ1n) is 17.2. The van der Waals surface area contributed by atoms with Crippen LogP contribution in [0.2, 0.25) is 0 Å².